The molecular formula is C23H16ClN3O2S. The highest BCUT2D eigenvalue weighted by Crippen LogP contribution is 2.52. The number of allylic oxidation sites excluding steroid dienone is 2. The van der Waals surface area contributed by atoms with E-state index in [1.807, 2.05) is 54.7 Å². The van der Waals surface area contributed by atoms with E-state index >= 15 is 0 Å². The minimum Gasteiger partial charge on any atom is -0.427 e. The van der Waals surface area contributed by atoms with Gasteiger partial charge in [0.25, 0.3) is 0 Å². The Morgan fingerprint density at radius 1 is 1.07 bits per heavy atom. The average molecular weight is 434 g/mol. The summed E-state index contributed by atoms with van der Waals surface area (Å²) >= 11 is 7.72. The molecule has 2 aromatic carbocycles. The molecule has 1 aromatic heterocycles. The van der Waals surface area contributed by atoms with E-state index < -0.39 is 0 Å². The van der Waals surface area contributed by atoms with Crippen LogP contribution in [0.25, 0.3) is 5.57 Å². The van der Waals surface area contributed by atoms with Gasteiger partial charge in [0.2, 0.25) is 0 Å². The summed E-state index contributed by atoms with van der Waals surface area (Å²) in [5.74, 6) is 0.142. The second-order valence-corrected chi connectivity index (χ2v) is 8.94. The molecule has 6 rings (SSSR count). The SMILES string of the molecule is O=C1OC2=C(c3[nH]ncc3CC2)C(c2ccc(Cl)cc2)/C1=C1\Nc2ccccc2S1. The van der Waals surface area contributed by atoms with E-state index in [4.69, 9.17) is 16.3 Å². The summed E-state index contributed by atoms with van der Waals surface area (Å²) < 4.78 is 5.87. The van der Waals surface area contributed by atoms with Gasteiger partial charge in [-0.2, -0.15) is 5.10 Å². The van der Waals surface area contributed by atoms with Gasteiger partial charge in [0.15, 0.2) is 0 Å². The first-order valence-electron chi connectivity index (χ1n) is 9.70. The van der Waals surface area contributed by atoms with Crippen LogP contribution in [-0.4, -0.2) is 16.2 Å². The third-order valence-electron chi connectivity index (χ3n) is 5.72. The maximum Gasteiger partial charge on any atom is 0.342 e. The number of benzene rings is 2. The van der Waals surface area contributed by atoms with Gasteiger partial charge < -0.3 is 10.1 Å². The number of nitrogens with one attached hydrogen (secondary N) is 2. The third kappa shape index (κ3) is 2.71. The van der Waals surface area contributed by atoms with Crippen molar-refractivity contribution in [3.8, 4) is 0 Å². The molecular weight excluding hydrogens is 418 g/mol. The quantitative estimate of drug-likeness (QED) is 0.392. The molecule has 1 atom stereocenters. The Hall–Kier alpha value is -2.96. The van der Waals surface area contributed by atoms with Gasteiger partial charge in [-0.15, -0.1) is 0 Å². The number of aryl methyl sites for hydroxylation is 1. The third-order valence-corrected chi connectivity index (χ3v) is 7.07. The van der Waals surface area contributed by atoms with Crippen LogP contribution in [0.2, 0.25) is 5.02 Å². The summed E-state index contributed by atoms with van der Waals surface area (Å²) in [4.78, 5) is 14.4. The highest BCUT2D eigenvalue weighted by molar-refractivity contribution is 8.03. The zero-order chi connectivity index (χ0) is 20.2. The Labute approximate surface area is 182 Å². The van der Waals surface area contributed by atoms with Crippen LogP contribution in [0.3, 0.4) is 0 Å². The average Bonchev–Trinajstić information content (AvgIpc) is 3.40. The second kappa shape index (κ2) is 6.79. The molecule has 0 amide bonds. The second-order valence-electron chi connectivity index (χ2n) is 7.45. The molecule has 0 saturated carbocycles. The van der Waals surface area contributed by atoms with E-state index in [1.54, 1.807) is 11.8 Å². The van der Waals surface area contributed by atoms with Crippen molar-refractivity contribution in [2.75, 3.05) is 5.32 Å². The summed E-state index contributed by atoms with van der Waals surface area (Å²) in [6.07, 6.45) is 3.34. The van der Waals surface area contributed by atoms with Crippen molar-refractivity contribution in [3.05, 3.63) is 92.9 Å². The fraction of sp³-hybridized carbons (Fsp3) is 0.130. The Balaban J connectivity index is 1.58. The van der Waals surface area contributed by atoms with Crippen LogP contribution in [0.4, 0.5) is 5.69 Å². The summed E-state index contributed by atoms with van der Waals surface area (Å²) in [6, 6.07) is 15.7. The zero-order valence-electron chi connectivity index (χ0n) is 15.7. The van der Waals surface area contributed by atoms with E-state index in [-0.39, 0.29) is 11.9 Å². The van der Waals surface area contributed by atoms with Crippen molar-refractivity contribution in [1.29, 1.82) is 0 Å². The van der Waals surface area contributed by atoms with Gasteiger partial charge in [0.05, 0.1) is 28.2 Å². The molecule has 0 fully saturated rings. The summed E-state index contributed by atoms with van der Waals surface area (Å²) in [6.45, 7) is 0. The van der Waals surface area contributed by atoms with E-state index in [1.165, 1.54) is 0 Å². The molecule has 0 bridgehead atoms. The number of esters is 1. The lowest BCUT2D eigenvalue weighted by Gasteiger charge is -2.33. The lowest BCUT2D eigenvalue weighted by molar-refractivity contribution is -0.136. The minimum atomic E-state index is -0.306. The van der Waals surface area contributed by atoms with Gasteiger partial charge in [0.1, 0.15) is 5.76 Å². The molecule has 0 saturated heterocycles. The van der Waals surface area contributed by atoms with Gasteiger partial charge in [-0.3, -0.25) is 5.10 Å². The monoisotopic (exact) mass is 433 g/mol. The fourth-order valence-corrected chi connectivity index (χ4v) is 5.54. The minimum absolute atomic E-state index is 0.276. The summed E-state index contributed by atoms with van der Waals surface area (Å²) in [5.41, 5.74) is 5.68. The number of para-hydroxylation sites is 1. The molecule has 3 heterocycles. The van der Waals surface area contributed by atoms with Crippen LogP contribution in [0.1, 0.15) is 29.2 Å². The van der Waals surface area contributed by atoms with Crippen molar-refractivity contribution in [3.63, 3.8) is 0 Å². The maximum atomic E-state index is 13.3. The van der Waals surface area contributed by atoms with E-state index in [0.29, 0.717) is 17.0 Å². The molecule has 3 aromatic rings. The first-order valence-corrected chi connectivity index (χ1v) is 10.9. The molecule has 0 spiro atoms. The van der Waals surface area contributed by atoms with Crippen molar-refractivity contribution in [2.45, 2.75) is 23.7 Å². The van der Waals surface area contributed by atoms with Gasteiger partial charge >= 0.3 is 5.97 Å². The maximum absolute atomic E-state index is 13.3. The highest BCUT2D eigenvalue weighted by atomic mass is 35.5. The van der Waals surface area contributed by atoms with Crippen molar-refractivity contribution in [1.82, 2.24) is 10.2 Å². The predicted octanol–water partition coefficient (Wildman–Crippen LogP) is 5.49. The number of aromatic amines is 1. The number of carbonyl (C=O) groups is 1. The molecule has 5 nitrogen and oxygen atoms in total. The molecule has 1 unspecified atom stereocenters. The molecule has 0 radical (unpaired) electrons. The van der Waals surface area contributed by atoms with Gasteiger partial charge in [0, 0.05) is 27.8 Å². The molecule has 7 heteroatoms. The largest absolute Gasteiger partial charge is 0.427 e. The highest BCUT2D eigenvalue weighted by Gasteiger charge is 2.42. The Morgan fingerprint density at radius 3 is 2.73 bits per heavy atom. The Morgan fingerprint density at radius 2 is 1.90 bits per heavy atom. The standard InChI is InChI=1S/C23H16ClN3O2S/c24-14-8-5-12(6-9-14)18-19-16(10-7-13-11-25-27-21(13)19)29-23(28)20(18)22-26-15-3-1-2-4-17(15)30-22/h1-6,8-9,11,18,26H,7,10H2,(H,25,27)/b22-20-. The molecule has 30 heavy (non-hydrogen) atoms. The first-order chi connectivity index (χ1) is 14.7. The number of thioether (sulfide) groups is 1. The van der Waals surface area contributed by atoms with Gasteiger partial charge in [-0.25, -0.2) is 4.79 Å². The van der Waals surface area contributed by atoms with Crippen LogP contribution >= 0.6 is 23.4 Å². The molecule has 1 aliphatic carbocycles. The zero-order valence-corrected chi connectivity index (χ0v) is 17.3. The van der Waals surface area contributed by atoms with E-state index in [2.05, 4.69) is 15.5 Å². The number of hydrogen-bond acceptors (Lipinski definition) is 5. The Kier molecular flexibility index (Phi) is 4.04. The van der Waals surface area contributed by atoms with Crippen LogP contribution < -0.4 is 5.32 Å². The smallest absolute Gasteiger partial charge is 0.342 e. The van der Waals surface area contributed by atoms with Crippen LogP contribution in [0.5, 0.6) is 0 Å². The van der Waals surface area contributed by atoms with Crippen LogP contribution in [-0.2, 0) is 16.0 Å². The lowest BCUT2D eigenvalue weighted by Crippen LogP contribution is -2.27. The fourth-order valence-electron chi connectivity index (χ4n) is 4.35. The number of rotatable bonds is 1. The number of carbonyl (C=O) groups excluding carboxylic acids is 1. The van der Waals surface area contributed by atoms with Crippen LogP contribution in [0, 0.1) is 0 Å². The summed E-state index contributed by atoms with van der Waals surface area (Å²) in [7, 11) is 0. The number of ether oxygens (including phenoxy) is 1. The van der Waals surface area contributed by atoms with Crippen molar-refractivity contribution >= 4 is 40.6 Å². The van der Waals surface area contributed by atoms with Gasteiger partial charge in [-0.05, 0) is 41.8 Å². The summed E-state index contributed by atoms with van der Waals surface area (Å²) in [5, 5.41) is 12.3. The normalized spacial score (nSPS) is 22.2. The number of aromatic nitrogens is 2. The number of hydrogen-bond donors (Lipinski definition) is 2. The topological polar surface area (TPSA) is 67.0 Å². The lowest BCUT2D eigenvalue weighted by atomic mass is 9.77. The molecule has 2 N–H and O–H groups in total. The van der Waals surface area contributed by atoms with Gasteiger partial charge in [-0.1, -0.05) is 47.6 Å². The number of nitrogens with zero attached hydrogens (tertiary/aromatic N) is 1. The van der Waals surface area contributed by atoms with E-state index in [9.17, 15) is 4.79 Å². The van der Waals surface area contributed by atoms with E-state index in [0.717, 1.165) is 50.2 Å². The molecule has 148 valence electrons. The van der Waals surface area contributed by atoms with Crippen LogP contribution in [0.15, 0.2) is 76.0 Å². The number of halogens is 1. The Bertz CT molecular complexity index is 1230. The predicted molar refractivity (Wildman–Crippen MR) is 117 cm³/mol. The van der Waals surface area contributed by atoms with Crippen molar-refractivity contribution in [2.24, 2.45) is 0 Å². The number of anilines is 1. The van der Waals surface area contributed by atoms with Crippen molar-refractivity contribution < 1.29 is 9.53 Å². The molecule has 3 aliphatic rings. The first kappa shape index (κ1) is 17.9. The number of H-pyrrole nitrogens is 1. The molecule has 2 aliphatic heterocycles. The number of fused-ring (bicyclic) bond motifs is 3.